The van der Waals surface area contributed by atoms with Gasteiger partial charge in [0.15, 0.2) is 11.5 Å². The first-order chi connectivity index (χ1) is 13.1. The smallest absolute Gasteiger partial charge is 0.272 e. The molecule has 2 aromatic rings. The Morgan fingerprint density at radius 2 is 1.89 bits per heavy atom. The molecule has 5 rings (SSSR count). The highest BCUT2D eigenvalue weighted by Gasteiger charge is 2.46. The number of carbonyl (C=O) groups excluding carboxylic acids is 1. The minimum Gasteiger partial charge on any atom is -0.486 e. The van der Waals surface area contributed by atoms with Crippen LogP contribution in [0.3, 0.4) is 0 Å². The Bertz CT molecular complexity index is 898. The molecular formula is C21H25N3O3. The van der Waals surface area contributed by atoms with Crippen molar-refractivity contribution < 1.29 is 14.3 Å². The Labute approximate surface area is 159 Å². The molecule has 1 aromatic heterocycles. The third-order valence-corrected chi connectivity index (χ3v) is 6.54. The van der Waals surface area contributed by atoms with Gasteiger partial charge in [0.1, 0.15) is 18.9 Å². The number of hydrogen-bond donors (Lipinski definition) is 0. The maximum Gasteiger partial charge on any atom is 0.272 e. The van der Waals surface area contributed by atoms with Crippen molar-refractivity contribution in [2.45, 2.75) is 44.1 Å². The van der Waals surface area contributed by atoms with Gasteiger partial charge in [-0.15, -0.1) is 0 Å². The van der Waals surface area contributed by atoms with Gasteiger partial charge in [0.05, 0.1) is 6.04 Å². The minimum absolute atomic E-state index is 0.00977. The first kappa shape index (κ1) is 16.7. The van der Waals surface area contributed by atoms with Crippen LogP contribution in [-0.4, -0.2) is 40.3 Å². The lowest BCUT2D eigenvalue weighted by Crippen LogP contribution is -2.49. The van der Waals surface area contributed by atoms with Gasteiger partial charge in [-0.25, -0.2) is 0 Å². The average Bonchev–Trinajstić information content (AvgIpc) is 3.33. The molecule has 27 heavy (non-hydrogen) atoms. The Kier molecular flexibility index (Phi) is 3.71. The SMILES string of the molecule is CC1c2cc3c(cc2C2(CCCC2)CN1C(=O)c1ccnn1C)OCCO3. The summed E-state index contributed by atoms with van der Waals surface area (Å²) < 4.78 is 13.4. The molecule has 1 aliphatic carbocycles. The molecule has 3 heterocycles. The van der Waals surface area contributed by atoms with Crippen molar-refractivity contribution in [3.63, 3.8) is 0 Å². The first-order valence-electron chi connectivity index (χ1n) is 9.82. The molecule has 1 atom stereocenters. The summed E-state index contributed by atoms with van der Waals surface area (Å²) in [5, 5.41) is 4.18. The zero-order chi connectivity index (χ0) is 18.6. The summed E-state index contributed by atoms with van der Waals surface area (Å²) in [6.07, 6.45) is 6.32. The molecule has 0 radical (unpaired) electrons. The summed E-state index contributed by atoms with van der Waals surface area (Å²) >= 11 is 0. The van der Waals surface area contributed by atoms with Crippen molar-refractivity contribution in [3.8, 4) is 11.5 Å². The highest BCUT2D eigenvalue weighted by atomic mass is 16.6. The highest BCUT2D eigenvalue weighted by molar-refractivity contribution is 5.93. The standard InChI is InChI=1S/C21H25N3O3/c1-14-15-11-18-19(27-10-9-26-18)12-16(15)21(6-3-4-7-21)13-24(14)20(25)17-5-8-22-23(17)2/h5,8,11-12,14H,3-4,6-7,9-10,13H2,1-2H3. The number of benzene rings is 1. The number of aromatic nitrogens is 2. The molecular weight excluding hydrogens is 342 g/mol. The summed E-state index contributed by atoms with van der Waals surface area (Å²) in [7, 11) is 1.82. The number of ether oxygens (including phenoxy) is 2. The van der Waals surface area contributed by atoms with Crippen LogP contribution in [0.4, 0.5) is 0 Å². The minimum atomic E-state index is -0.00977. The molecule has 6 heteroatoms. The molecule has 0 bridgehead atoms. The fourth-order valence-corrected chi connectivity index (χ4v) is 5.08. The van der Waals surface area contributed by atoms with E-state index in [4.69, 9.17) is 9.47 Å². The van der Waals surface area contributed by atoms with Crippen LogP contribution in [0.25, 0.3) is 0 Å². The average molecular weight is 367 g/mol. The molecule has 2 aliphatic heterocycles. The van der Waals surface area contributed by atoms with Crippen molar-refractivity contribution in [2.75, 3.05) is 19.8 Å². The van der Waals surface area contributed by atoms with Crippen LogP contribution in [0, 0.1) is 0 Å². The van der Waals surface area contributed by atoms with Crippen molar-refractivity contribution in [3.05, 3.63) is 41.2 Å². The molecule has 1 spiro atoms. The van der Waals surface area contributed by atoms with Crippen LogP contribution >= 0.6 is 0 Å². The van der Waals surface area contributed by atoms with Gasteiger partial charge in [0, 0.05) is 25.2 Å². The molecule has 0 N–H and O–H groups in total. The third-order valence-electron chi connectivity index (χ3n) is 6.54. The van der Waals surface area contributed by atoms with Crippen LogP contribution in [-0.2, 0) is 12.5 Å². The Balaban J connectivity index is 1.62. The second-order valence-corrected chi connectivity index (χ2v) is 8.02. The van der Waals surface area contributed by atoms with E-state index in [1.165, 1.54) is 24.0 Å². The summed E-state index contributed by atoms with van der Waals surface area (Å²) in [4.78, 5) is 15.4. The van der Waals surface area contributed by atoms with Crippen molar-refractivity contribution in [1.29, 1.82) is 0 Å². The van der Waals surface area contributed by atoms with Gasteiger partial charge in [-0.1, -0.05) is 12.8 Å². The van der Waals surface area contributed by atoms with Crippen LogP contribution in [0.15, 0.2) is 24.4 Å². The zero-order valence-electron chi connectivity index (χ0n) is 15.9. The van der Waals surface area contributed by atoms with Gasteiger partial charge >= 0.3 is 0 Å². The second-order valence-electron chi connectivity index (χ2n) is 8.02. The fraction of sp³-hybridized carbons (Fsp3) is 0.524. The number of nitrogens with zero attached hydrogens (tertiary/aromatic N) is 3. The number of carbonyl (C=O) groups is 1. The summed E-state index contributed by atoms with van der Waals surface area (Å²) in [6, 6.07) is 6.09. The van der Waals surface area contributed by atoms with E-state index in [1.54, 1.807) is 16.9 Å². The van der Waals surface area contributed by atoms with Gasteiger partial charge in [-0.3, -0.25) is 9.48 Å². The Morgan fingerprint density at radius 3 is 2.56 bits per heavy atom. The van der Waals surface area contributed by atoms with E-state index in [-0.39, 0.29) is 17.4 Å². The quantitative estimate of drug-likeness (QED) is 0.777. The number of fused-ring (bicyclic) bond motifs is 3. The molecule has 1 aromatic carbocycles. The number of rotatable bonds is 1. The molecule has 142 valence electrons. The lowest BCUT2D eigenvalue weighted by molar-refractivity contribution is 0.0582. The zero-order valence-corrected chi connectivity index (χ0v) is 15.9. The summed E-state index contributed by atoms with van der Waals surface area (Å²) in [6.45, 7) is 4.04. The first-order valence-corrected chi connectivity index (χ1v) is 9.82. The number of hydrogen-bond acceptors (Lipinski definition) is 4. The van der Waals surface area contributed by atoms with Crippen LogP contribution in [0.5, 0.6) is 11.5 Å². The maximum absolute atomic E-state index is 13.3. The molecule has 6 nitrogen and oxygen atoms in total. The molecule has 1 saturated carbocycles. The Hall–Kier alpha value is -2.50. The summed E-state index contributed by atoms with van der Waals surface area (Å²) in [5.41, 5.74) is 3.20. The van der Waals surface area contributed by atoms with Gasteiger partial charge in [-0.05, 0) is 49.1 Å². The lowest BCUT2D eigenvalue weighted by atomic mass is 9.71. The second kappa shape index (κ2) is 6.01. The van der Waals surface area contributed by atoms with Gasteiger partial charge in [-0.2, -0.15) is 5.10 Å². The third kappa shape index (κ3) is 2.46. The van der Waals surface area contributed by atoms with E-state index in [0.717, 1.165) is 30.9 Å². The lowest BCUT2D eigenvalue weighted by Gasteiger charge is -2.46. The predicted molar refractivity (Wildman–Crippen MR) is 100 cm³/mol. The van der Waals surface area contributed by atoms with E-state index in [0.29, 0.717) is 18.9 Å². The van der Waals surface area contributed by atoms with E-state index < -0.39 is 0 Å². The van der Waals surface area contributed by atoms with E-state index in [9.17, 15) is 4.79 Å². The van der Waals surface area contributed by atoms with Crippen molar-refractivity contribution in [1.82, 2.24) is 14.7 Å². The van der Waals surface area contributed by atoms with Crippen LogP contribution in [0.1, 0.15) is 60.3 Å². The predicted octanol–water partition coefficient (Wildman–Crippen LogP) is 3.22. The van der Waals surface area contributed by atoms with Crippen LogP contribution in [0.2, 0.25) is 0 Å². The van der Waals surface area contributed by atoms with Crippen molar-refractivity contribution >= 4 is 5.91 Å². The number of amides is 1. The fourth-order valence-electron chi connectivity index (χ4n) is 5.08. The Morgan fingerprint density at radius 1 is 1.19 bits per heavy atom. The normalized spacial score (nSPS) is 22.7. The maximum atomic E-state index is 13.3. The van der Waals surface area contributed by atoms with E-state index in [2.05, 4.69) is 24.2 Å². The largest absolute Gasteiger partial charge is 0.486 e. The molecule has 3 aliphatic rings. The highest BCUT2D eigenvalue weighted by Crippen LogP contribution is 2.52. The molecule has 1 unspecified atom stereocenters. The molecule has 0 saturated heterocycles. The van der Waals surface area contributed by atoms with E-state index in [1.807, 2.05) is 11.9 Å². The topological polar surface area (TPSA) is 56.6 Å². The molecule has 1 amide bonds. The van der Waals surface area contributed by atoms with E-state index >= 15 is 0 Å². The van der Waals surface area contributed by atoms with Crippen molar-refractivity contribution in [2.24, 2.45) is 7.05 Å². The summed E-state index contributed by atoms with van der Waals surface area (Å²) in [5.74, 6) is 1.70. The van der Waals surface area contributed by atoms with Gasteiger partial charge in [0.2, 0.25) is 0 Å². The molecule has 1 fully saturated rings. The van der Waals surface area contributed by atoms with Gasteiger partial charge < -0.3 is 14.4 Å². The monoisotopic (exact) mass is 367 g/mol. The number of aryl methyl sites for hydroxylation is 1. The van der Waals surface area contributed by atoms with Gasteiger partial charge in [0.25, 0.3) is 5.91 Å². The van der Waals surface area contributed by atoms with Crippen LogP contribution < -0.4 is 9.47 Å².